The number of hydrogen-bond acceptors (Lipinski definition) is 7. The van der Waals surface area contributed by atoms with E-state index in [1.165, 1.54) is 18.0 Å². The maximum Gasteiger partial charge on any atom is 0.277 e. The Kier molecular flexibility index (Phi) is 4.91. The third kappa shape index (κ3) is 3.53. The first-order valence-corrected chi connectivity index (χ1v) is 9.04. The number of rotatable bonds is 6. The Morgan fingerprint density at radius 1 is 1.14 bits per heavy atom. The zero-order valence-electron chi connectivity index (χ0n) is 15.3. The van der Waals surface area contributed by atoms with Crippen LogP contribution in [0.15, 0.2) is 48.2 Å². The van der Waals surface area contributed by atoms with E-state index in [1.54, 1.807) is 36.4 Å². The lowest BCUT2D eigenvalue weighted by molar-refractivity contribution is -0.137. The van der Waals surface area contributed by atoms with Crippen molar-refractivity contribution in [3.05, 3.63) is 53.2 Å². The molecule has 0 fully saturated rings. The Labute approximate surface area is 170 Å². The van der Waals surface area contributed by atoms with Crippen LogP contribution in [0.5, 0.6) is 5.75 Å². The minimum atomic E-state index is -0.485. The van der Waals surface area contributed by atoms with Crippen molar-refractivity contribution >= 4 is 40.1 Å². The van der Waals surface area contributed by atoms with Crippen LogP contribution >= 0.6 is 11.6 Å². The van der Waals surface area contributed by atoms with Gasteiger partial charge in [0.2, 0.25) is 0 Å². The number of aliphatic hydroxyl groups is 1. The van der Waals surface area contributed by atoms with Gasteiger partial charge in [-0.15, -0.1) is 10.2 Å². The zero-order valence-corrected chi connectivity index (χ0v) is 16.1. The van der Waals surface area contributed by atoms with Gasteiger partial charge in [-0.2, -0.15) is 4.80 Å². The topological polar surface area (TPSA) is 110 Å². The fourth-order valence-electron chi connectivity index (χ4n) is 2.95. The number of fused-ring (bicyclic) bond motifs is 1. The number of aliphatic hydroxyl groups excluding tert-OH is 1. The molecule has 1 aromatic heterocycles. The van der Waals surface area contributed by atoms with E-state index < -0.39 is 11.8 Å². The van der Waals surface area contributed by atoms with Gasteiger partial charge in [0.05, 0.1) is 31.0 Å². The van der Waals surface area contributed by atoms with E-state index in [-0.39, 0.29) is 18.8 Å². The SMILES string of the molecule is COc1ccc(-n2nc3ccc(NC4=CC(=O)N(CCO)C4=O)cc3n2)cc1Cl. The van der Waals surface area contributed by atoms with Gasteiger partial charge in [-0.3, -0.25) is 14.5 Å². The highest BCUT2D eigenvalue weighted by Gasteiger charge is 2.30. The number of aromatic nitrogens is 3. The van der Waals surface area contributed by atoms with Gasteiger partial charge in [-0.05, 0) is 36.4 Å². The molecule has 0 aliphatic carbocycles. The summed E-state index contributed by atoms with van der Waals surface area (Å²) >= 11 is 6.17. The van der Waals surface area contributed by atoms with Gasteiger partial charge in [0.25, 0.3) is 11.8 Å². The number of carbonyl (C=O) groups excluding carboxylic acids is 2. The average molecular weight is 414 g/mol. The molecule has 0 atom stereocenters. The predicted octanol–water partition coefficient (Wildman–Crippen LogP) is 1.74. The zero-order chi connectivity index (χ0) is 20.5. The van der Waals surface area contributed by atoms with Gasteiger partial charge < -0.3 is 15.2 Å². The van der Waals surface area contributed by atoms with Crippen LogP contribution in [0.2, 0.25) is 5.02 Å². The van der Waals surface area contributed by atoms with Crippen molar-refractivity contribution in [1.82, 2.24) is 19.9 Å². The maximum atomic E-state index is 12.3. The molecule has 3 aromatic rings. The van der Waals surface area contributed by atoms with Gasteiger partial charge >= 0.3 is 0 Å². The molecule has 0 saturated heterocycles. The minimum absolute atomic E-state index is 0.0445. The lowest BCUT2D eigenvalue weighted by Crippen LogP contribution is -2.34. The van der Waals surface area contributed by atoms with Gasteiger partial charge in [0.15, 0.2) is 0 Å². The quantitative estimate of drug-likeness (QED) is 0.592. The molecule has 4 rings (SSSR count). The summed E-state index contributed by atoms with van der Waals surface area (Å²) in [6.07, 6.45) is 1.21. The number of carbonyl (C=O) groups is 2. The third-order valence-corrected chi connectivity index (χ3v) is 4.65. The number of benzene rings is 2. The fourth-order valence-corrected chi connectivity index (χ4v) is 3.20. The average Bonchev–Trinajstić information content (AvgIpc) is 3.24. The van der Waals surface area contributed by atoms with Crippen molar-refractivity contribution in [1.29, 1.82) is 0 Å². The van der Waals surface area contributed by atoms with Gasteiger partial charge in [-0.25, -0.2) is 0 Å². The highest BCUT2D eigenvalue weighted by molar-refractivity contribution is 6.32. The Bertz CT molecular complexity index is 1160. The first-order chi connectivity index (χ1) is 14.0. The molecule has 2 heterocycles. The smallest absolute Gasteiger partial charge is 0.277 e. The summed E-state index contributed by atoms with van der Waals surface area (Å²) in [6.45, 7) is -0.333. The molecule has 0 unspecified atom stereocenters. The molecule has 1 aliphatic heterocycles. The number of hydrogen-bond donors (Lipinski definition) is 2. The Morgan fingerprint density at radius 2 is 1.93 bits per heavy atom. The summed E-state index contributed by atoms with van der Waals surface area (Å²) in [5, 5.41) is 21.2. The number of halogens is 1. The molecule has 0 radical (unpaired) electrons. The lowest BCUT2D eigenvalue weighted by Gasteiger charge is -2.13. The molecule has 10 heteroatoms. The number of β-amino-alcohol motifs (C(OH)–C–C–N with tert-alkyl or cyclic N) is 1. The van der Waals surface area contributed by atoms with Crippen LogP contribution in [-0.4, -0.2) is 57.1 Å². The molecule has 148 valence electrons. The van der Waals surface area contributed by atoms with Gasteiger partial charge in [0, 0.05) is 11.8 Å². The van der Waals surface area contributed by atoms with Crippen LogP contribution in [0, 0.1) is 0 Å². The van der Waals surface area contributed by atoms with E-state index in [2.05, 4.69) is 15.5 Å². The number of methoxy groups -OCH3 is 1. The summed E-state index contributed by atoms with van der Waals surface area (Å²) in [5.41, 5.74) is 2.62. The van der Waals surface area contributed by atoms with E-state index in [4.69, 9.17) is 21.4 Å². The number of nitrogens with one attached hydrogen (secondary N) is 1. The van der Waals surface area contributed by atoms with Crippen LogP contribution in [0.25, 0.3) is 16.7 Å². The highest BCUT2D eigenvalue weighted by atomic mass is 35.5. The summed E-state index contributed by atoms with van der Waals surface area (Å²) < 4.78 is 5.15. The second-order valence-electron chi connectivity index (χ2n) is 6.21. The monoisotopic (exact) mass is 413 g/mol. The second kappa shape index (κ2) is 7.53. The Hall–Kier alpha value is -3.43. The van der Waals surface area contributed by atoms with Crippen LogP contribution in [0.1, 0.15) is 0 Å². The van der Waals surface area contributed by atoms with E-state index in [9.17, 15) is 9.59 Å². The predicted molar refractivity (Wildman–Crippen MR) is 106 cm³/mol. The normalized spacial score (nSPS) is 13.9. The molecule has 2 amide bonds. The minimum Gasteiger partial charge on any atom is -0.495 e. The Morgan fingerprint density at radius 3 is 2.66 bits per heavy atom. The van der Waals surface area contributed by atoms with Crippen LogP contribution in [0.3, 0.4) is 0 Å². The second-order valence-corrected chi connectivity index (χ2v) is 6.62. The van der Waals surface area contributed by atoms with Crippen molar-refractivity contribution in [3.8, 4) is 11.4 Å². The summed E-state index contributed by atoms with van der Waals surface area (Å²) in [6, 6.07) is 10.4. The van der Waals surface area contributed by atoms with Crippen molar-refractivity contribution in [2.45, 2.75) is 0 Å². The number of anilines is 1. The summed E-state index contributed by atoms with van der Waals surface area (Å²) in [7, 11) is 1.54. The van der Waals surface area contributed by atoms with Crippen molar-refractivity contribution in [3.63, 3.8) is 0 Å². The molecule has 1 aliphatic rings. The number of amides is 2. The molecule has 9 nitrogen and oxygen atoms in total. The molecule has 29 heavy (non-hydrogen) atoms. The van der Waals surface area contributed by atoms with Crippen LogP contribution in [0.4, 0.5) is 5.69 Å². The largest absolute Gasteiger partial charge is 0.495 e. The van der Waals surface area contributed by atoms with E-state index in [1.807, 2.05) is 0 Å². The van der Waals surface area contributed by atoms with Crippen LogP contribution < -0.4 is 10.1 Å². The number of nitrogens with zero attached hydrogens (tertiary/aromatic N) is 4. The molecule has 2 N–H and O–H groups in total. The van der Waals surface area contributed by atoms with Crippen molar-refractivity contribution in [2.75, 3.05) is 25.6 Å². The first-order valence-electron chi connectivity index (χ1n) is 8.66. The van der Waals surface area contributed by atoms with Gasteiger partial charge in [0.1, 0.15) is 22.5 Å². The maximum absolute atomic E-state index is 12.3. The first kappa shape index (κ1) is 18.9. The number of ether oxygens (including phenoxy) is 1. The summed E-state index contributed by atoms with van der Waals surface area (Å²) in [4.78, 5) is 26.5. The van der Waals surface area contributed by atoms with E-state index in [0.29, 0.717) is 33.2 Å². The summed E-state index contributed by atoms with van der Waals surface area (Å²) in [5.74, 6) is -0.395. The van der Waals surface area contributed by atoms with Crippen molar-refractivity contribution in [2.24, 2.45) is 0 Å². The van der Waals surface area contributed by atoms with E-state index in [0.717, 1.165) is 4.90 Å². The Balaban J connectivity index is 1.59. The molecule has 0 saturated carbocycles. The van der Waals surface area contributed by atoms with Crippen molar-refractivity contribution < 1.29 is 19.4 Å². The standard InChI is InChI=1S/C19H16ClN5O4/c1-29-17-5-3-12(9-13(17)20)25-22-14-4-2-11(8-15(14)23-25)21-16-10-18(27)24(6-7-26)19(16)28/h2-5,8-10,21,26H,6-7H2,1H3. The molecule has 0 bridgehead atoms. The molecule has 2 aromatic carbocycles. The van der Waals surface area contributed by atoms with Crippen LogP contribution in [-0.2, 0) is 9.59 Å². The fraction of sp³-hybridized carbons (Fsp3) is 0.158. The lowest BCUT2D eigenvalue weighted by atomic mass is 10.2. The van der Waals surface area contributed by atoms with Gasteiger partial charge in [-0.1, -0.05) is 11.6 Å². The highest BCUT2D eigenvalue weighted by Crippen LogP contribution is 2.27. The molecular formula is C19H16ClN5O4. The molecular weight excluding hydrogens is 398 g/mol. The molecule has 0 spiro atoms. The number of imide groups is 1. The third-order valence-electron chi connectivity index (χ3n) is 4.36. The van der Waals surface area contributed by atoms with E-state index >= 15 is 0 Å².